The van der Waals surface area contributed by atoms with E-state index in [1.54, 1.807) is 12.1 Å². The standard InChI is InChI=1S/C13H12Cl2N2.H2O4S/c14-10-6-8(1-3-12(10)16)5-9-2-4-13(17)11(15)7-9;1-5(2,3)4/h1-4,6-7H,5,16-17H2;(H2,1,2,3,4). The summed E-state index contributed by atoms with van der Waals surface area (Å²) in [5.74, 6) is 0. The van der Waals surface area contributed by atoms with Crippen molar-refractivity contribution in [3.8, 4) is 0 Å². The molecular formula is C13H14Cl2N2O4S. The number of anilines is 2. The van der Waals surface area contributed by atoms with Gasteiger partial charge < -0.3 is 11.5 Å². The molecule has 0 bridgehead atoms. The molecule has 120 valence electrons. The Hall–Kier alpha value is -1.51. The molecule has 2 rings (SSSR count). The van der Waals surface area contributed by atoms with Crippen LogP contribution in [-0.2, 0) is 16.8 Å². The molecule has 0 unspecified atom stereocenters. The fraction of sp³-hybridized carbons (Fsp3) is 0.0769. The number of rotatable bonds is 2. The monoisotopic (exact) mass is 364 g/mol. The van der Waals surface area contributed by atoms with E-state index in [-0.39, 0.29) is 0 Å². The molecule has 0 saturated carbocycles. The van der Waals surface area contributed by atoms with E-state index in [0.29, 0.717) is 21.4 Å². The largest absolute Gasteiger partial charge is 0.398 e. The number of hydrogen-bond donors (Lipinski definition) is 4. The Bertz CT molecular complexity index is 709. The van der Waals surface area contributed by atoms with Gasteiger partial charge in [-0.25, -0.2) is 0 Å². The molecule has 0 aliphatic heterocycles. The fourth-order valence-electron chi connectivity index (χ4n) is 1.60. The molecule has 0 atom stereocenters. The highest BCUT2D eigenvalue weighted by Gasteiger charge is 2.02. The molecule has 0 aromatic heterocycles. The molecule has 0 heterocycles. The van der Waals surface area contributed by atoms with Gasteiger partial charge in [-0.05, 0) is 41.8 Å². The molecule has 0 aliphatic rings. The maximum atomic E-state index is 8.74. The Morgan fingerprint density at radius 3 is 1.45 bits per heavy atom. The summed E-state index contributed by atoms with van der Waals surface area (Å²) in [7, 11) is -4.67. The molecule has 9 heteroatoms. The summed E-state index contributed by atoms with van der Waals surface area (Å²) in [5.41, 5.74) is 14.7. The van der Waals surface area contributed by atoms with Gasteiger partial charge in [-0.2, -0.15) is 8.42 Å². The second-order valence-electron chi connectivity index (χ2n) is 4.34. The zero-order chi connectivity index (χ0) is 16.9. The molecule has 0 saturated heterocycles. The van der Waals surface area contributed by atoms with Gasteiger partial charge in [-0.3, -0.25) is 9.11 Å². The van der Waals surface area contributed by atoms with Crippen molar-refractivity contribution in [3.05, 3.63) is 57.6 Å². The van der Waals surface area contributed by atoms with Gasteiger partial charge in [-0.1, -0.05) is 35.3 Å². The topological polar surface area (TPSA) is 127 Å². The summed E-state index contributed by atoms with van der Waals surface area (Å²) in [6.07, 6.45) is 0.750. The zero-order valence-corrected chi connectivity index (χ0v) is 13.5. The Balaban J connectivity index is 0.000000422. The molecule has 0 amide bonds. The van der Waals surface area contributed by atoms with Crippen LogP contribution in [-0.4, -0.2) is 17.5 Å². The lowest BCUT2D eigenvalue weighted by Crippen LogP contribution is -1.93. The van der Waals surface area contributed by atoms with Gasteiger partial charge in [0.1, 0.15) is 0 Å². The fourth-order valence-corrected chi connectivity index (χ4v) is 2.00. The average Bonchev–Trinajstić information content (AvgIpc) is 2.36. The van der Waals surface area contributed by atoms with E-state index < -0.39 is 10.4 Å². The van der Waals surface area contributed by atoms with E-state index in [1.165, 1.54) is 0 Å². The van der Waals surface area contributed by atoms with Crippen molar-refractivity contribution in [1.82, 2.24) is 0 Å². The van der Waals surface area contributed by atoms with E-state index in [9.17, 15) is 0 Å². The molecule has 6 N–H and O–H groups in total. The summed E-state index contributed by atoms with van der Waals surface area (Å²) >= 11 is 11.9. The number of nitrogens with two attached hydrogens (primary N) is 2. The van der Waals surface area contributed by atoms with E-state index in [4.69, 9.17) is 52.2 Å². The molecule has 2 aromatic rings. The van der Waals surface area contributed by atoms with Crippen LogP contribution in [0.2, 0.25) is 10.0 Å². The third kappa shape index (κ3) is 6.97. The predicted molar refractivity (Wildman–Crippen MR) is 88.7 cm³/mol. The van der Waals surface area contributed by atoms with Crippen LogP contribution in [0.1, 0.15) is 11.1 Å². The van der Waals surface area contributed by atoms with Gasteiger partial charge in [0.05, 0.1) is 21.4 Å². The normalized spacial score (nSPS) is 10.7. The third-order valence-electron chi connectivity index (χ3n) is 2.54. The molecular weight excluding hydrogens is 351 g/mol. The van der Waals surface area contributed by atoms with Crippen molar-refractivity contribution in [3.63, 3.8) is 0 Å². The highest BCUT2D eigenvalue weighted by molar-refractivity contribution is 7.79. The van der Waals surface area contributed by atoms with Crippen LogP contribution in [0.5, 0.6) is 0 Å². The highest BCUT2D eigenvalue weighted by Crippen LogP contribution is 2.24. The second-order valence-corrected chi connectivity index (χ2v) is 6.05. The lowest BCUT2D eigenvalue weighted by Gasteiger charge is -2.06. The van der Waals surface area contributed by atoms with E-state index in [0.717, 1.165) is 17.5 Å². The van der Waals surface area contributed by atoms with Crippen LogP contribution >= 0.6 is 23.2 Å². The van der Waals surface area contributed by atoms with Gasteiger partial charge in [-0.15, -0.1) is 0 Å². The number of benzene rings is 2. The van der Waals surface area contributed by atoms with Gasteiger partial charge in [0.15, 0.2) is 0 Å². The zero-order valence-electron chi connectivity index (χ0n) is 11.2. The van der Waals surface area contributed by atoms with Crippen molar-refractivity contribution in [2.24, 2.45) is 0 Å². The second kappa shape index (κ2) is 7.66. The Morgan fingerprint density at radius 1 is 0.864 bits per heavy atom. The highest BCUT2D eigenvalue weighted by atomic mass is 35.5. The minimum atomic E-state index is -4.67. The first-order valence-electron chi connectivity index (χ1n) is 5.84. The van der Waals surface area contributed by atoms with Gasteiger partial charge in [0.25, 0.3) is 0 Å². The maximum absolute atomic E-state index is 8.74. The number of hydrogen-bond acceptors (Lipinski definition) is 4. The minimum Gasteiger partial charge on any atom is -0.398 e. The third-order valence-corrected chi connectivity index (χ3v) is 3.19. The van der Waals surface area contributed by atoms with Crippen LogP contribution < -0.4 is 11.5 Å². The quantitative estimate of drug-likeness (QED) is 0.478. The van der Waals surface area contributed by atoms with Crippen LogP contribution in [0.4, 0.5) is 11.4 Å². The van der Waals surface area contributed by atoms with Gasteiger partial charge >= 0.3 is 10.4 Å². The summed E-state index contributed by atoms with van der Waals surface area (Å²) in [6, 6.07) is 11.2. The van der Waals surface area contributed by atoms with Crippen molar-refractivity contribution in [1.29, 1.82) is 0 Å². The van der Waals surface area contributed by atoms with Crippen molar-refractivity contribution >= 4 is 45.0 Å². The van der Waals surface area contributed by atoms with Crippen LogP contribution in [0.25, 0.3) is 0 Å². The molecule has 0 spiro atoms. The summed E-state index contributed by atoms with van der Waals surface area (Å²) in [6.45, 7) is 0. The van der Waals surface area contributed by atoms with E-state index >= 15 is 0 Å². The van der Waals surface area contributed by atoms with Crippen LogP contribution in [0.3, 0.4) is 0 Å². The Morgan fingerprint density at radius 2 is 1.18 bits per heavy atom. The lowest BCUT2D eigenvalue weighted by atomic mass is 10.0. The molecule has 0 fully saturated rings. The van der Waals surface area contributed by atoms with Gasteiger partial charge in [0, 0.05) is 0 Å². The van der Waals surface area contributed by atoms with Crippen LogP contribution in [0.15, 0.2) is 36.4 Å². The predicted octanol–water partition coefficient (Wildman–Crippen LogP) is 3.10. The number of halogens is 2. The lowest BCUT2D eigenvalue weighted by molar-refractivity contribution is 0.381. The smallest absolute Gasteiger partial charge is 0.394 e. The summed E-state index contributed by atoms with van der Waals surface area (Å²) < 4.78 is 31.6. The molecule has 6 nitrogen and oxygen atoms in total. The molecule has 0 aliphatic carbocycles. The Kier molecular flexibility index (Phi) is 6.46. The Labute approximate surface area is 138 Å². The average molecular weight is 365 g/mol. The minimum absolute atomic E-state index is 0.573. The van der Waals surface area contributed by atoms with Crippen LogP contribution in [0, 0.1) is 0 Å². The first-order chi connectivity index (χ1) is 10.1. The SMILES string of the molecule is Nc1ccc(Cc2ccc(N)c(Cl)c2)cc1Cl.O=S(=O)(O)O. The van der Waals surface area contributed by atoms with Gasteiger partial charge in [0.2, 0.25) is 0 Å². The summed E-state index contributed by atoms with van der Waals surface area (Å²) in [4.78, 5) is 0. The molecule has 0 radical (unpaired) electrons. The maximum Gasteiger partial charge on any atom is 0.394 e. The molecule has 22 heavy (non-hydrogen) atoms. The first-order valence-corrected chi connectivity index (χ1v) is 7.99. The summed E-state index contributed by atoms with van der Waals surface area (Å²) in [5, 5.41) is 1.15. The van der Waals surface area contributed by atoms with Crippen molar-refractivity contribution < 1.29 is 17.5 Å². The first kappa shape index (κ1) is 18.5. The van der Waals surface area contributed by atoms with Crippen molar-refractivity contribution in [2.45, 2.75) is 6.42 Å². The van der Waals surface area contributed by atoms with E-state index in [2.05, 4.69) is 0 Å². The van der Waals surface area contributed by atoms with E-state index in [1.807, 2.05) is 24.3 Å². The number of nitrogen functional groups attached to an aromatic ring is 2. The molecule has 2 aromatic carbocycles. The van der Waals surface area contributed by atoms with Crippen molar-refractivity contribution in [2.75, 3.05) is 11.5 Å².